The second-order valence-electron chi connectivity index (χ2n) is 9.28. The van der Waals surface area contributed by atoms with Crippen molar-refractivity contribution in [2.45, 2.75) is 44.6 Å². The summed E-state index contributed by atoms with van der Waals surface area (Å²) >= 11 is 0. The maximum absolute atomic E-state index is 12.2. The van der Waals surface area contributed by atoms with Crippen LogP contribution in [0.4, 0.5) is 11.5 Å². The van der Waals surface area contributed by atoms with Gasteiger partial charge in [0.25, 0.3) is 0 Å². The third-order valence-electron chi connectivity index (χ3n) is 7.33. The molecule has 0 radical (unpaired) electrons. The van der Waals surface area contributed by atoms with E-state index in [2.05, 4.69) is 42.9 Å². The highest BCUT2D eigenvalue weighted by atomic mass is 16.2. The second kappa shape index (κ2) is 8.99. The third-order valence-corrected chi connectivity index (χ3v) is 7.33. The van der Waals surface area contributed by atoms with Gasteiger partial charge in [0.2, 0.25) is 5.91 Å². The highest BCUT2D eigenvalue weighted by Crippen LogP contribution is 2.30. The van der Waals surface area contributed by atoms with Gasteiger partial charge in [0, 0.05) is 76.4 Å². The maximum atomic E-state index is 12.2. The van der Waals surface area contributed by atoms with Gasteiger partial charge in [-0.15, -0.1) is 0 Å². The Bertz CT molecular complexity index is 919. The number of likely N-dealkylation sites (N-methyl/N-ethyl adjacent to an activating group) is 1. The van der Waals surface area contributed by atoms with E-state index in [0.29, 0.717) is 18.4 Å². The molecule has 0 aliphatic carbocycles. The van der Waals surface area contributed by atoms with E-state index in [4.69, 9.17) is 0 Å². The number of fused-ring (bicyclic) bond motifs is 1. The monoisotopic (exact) mass is 422 g/mol. The van der Waals surface area contributed by atoms with Gasteiger partial charge in [-0.1, -0.05) is 6.42 Å². The molecule has 0 N–H and O–H groups in total. The van der Waals surface area contributed by atoms with Crippen LogP contribution in [0.25, 0.3) is 10.9 Å². The largest absolute Gasteiger partial charge is 0.369 e. The highest BCUT2D eigenvalue weighted by Gasteiger charge is 2.27. The molecule has 31 heavy (non-hydrogen) atoms. The summed E-state index contributed by atoms with van der Waals surface area (Å²) in [5.41, 5.74) is 2.30. The average Bonchev–Trinajstić information content (AvgIpc) is 3.30. The number of benzene rings is 1. The first-order valence-electron chi connectivity index (χ1n) is 11.9. The molecular weight excluding hydrogens is 388 g/mol. The van der Waals surface area contributed by atoms with Crippen LogP contribution in [0.2, 0.25) is 0 Å². The smallest absolute Gasteiger partial charge is 0.222 e. The maximum Gasteiger partial charge on any atom is 0.222 e. The van der Waals surface area contributed by atoms with Crippen LogP contribution < -0.4 is 9.80 Å². The quantitative estimate of drug-likeness (QED) is 0.755. The summed E-state index contributed by atoms with van der Waals surface area (Å²) in [5.74, 6) is 1.40. The van der Waals surface area contributed by atoms with Gasteiger partial charge in [-0.2, -0.15) is 0 Å². The minimum Gasteiger partial charge on any atom is -0.369 e. The van der Waals surface area contributed by atoms with Crippen LogP contribution in [0.5, 0.6) is 0 Å². The lowest BCUT2D eigenvalue weighted by atomic mass is 10.1. The lowest BCUT2D eigenvalue weighted by Crippen LogP contribution is -2.51. The SMILES string of the molecule is CN1C(=O)CCCCC1CN1CCN(c2ccc3ncnc(N4CCCC4)c3c2)CC1. The van der Waals surface area contributed by atoms with Gasteiger partial charge in [0.15, 0.2) is 0 Å². The topological polar surface area (TPSA) is 55.8 Å². The van der Waals surface area contributed by atoms with Crippen molar-refractivity contribution >= 4 is 28.3 Å². The zero-order valence-corrected chi connectivity index (χ0v) is 18.7. The van der Waals surface area contributed by atoms with E-state index in [1.165, 1.54) is 30.3 Å². The Morgan fingerprint density at radius 3 is 2.55 bits per heavy atom. The van der Waals surface area contributed by atoms with Gasteiger partial charge in [0.05, 0.1) is 5.52 Å². The molecular formula is C24H34N6O. The molecule has 3 saturated heterocycles. The first-order chi connectivity index (χ1) is 15.2. The van der Waals surface area contributed by atoms with Crippen molar-refractivity contribution < 1.29 is 4.79 Å². The van der Waals surface area contributed by atoms with E-state index < -0.39 is 0 Å². The minimum absolute atomic E-state index is 0.313. The molecule has 2 aromatic rings. The standard InChI is InChI=1S/C24H34N6O/c1-27-20(6-2-3-7-23(27)31)17-28-12-14-29(15-13-28)19-8-9-22-21(16-19)24(26-18-25-22)30-10-4-5-11-30/h8-9,16,18,20H,2-7,10-15,17H2,1H3. The number of piperazine rings is 1. The Morgan fingerprint density at radius 1 is 0.935 bits per heavy atom. The Labute approximate surface area is 185 Å². The number of hydrogen-bond acceptors (Lipinski definition) is 6. The van der Waals surface area contributed by atoms with E-state index in [1.807, 2.05) is 11.9 Å². The molecule has 3 aliphatic rings. The van der Waals surface area contributed by atoms with Gasteiger partial charge < -0.3 is 14.7 Å². The minimum atomic E-state index is 0.313. The van der Waals surface area contributed by atoms with Crippen LogP contribution in [-0.2, 0) is 4.79 Å². The summed E-state index contributed by atoms with van der Waals surface area (Å²) in [5, 5.41) is 1.17. The zero-order valence-electron chi connectivity index (χ0n) is 18.7. The molecule has 5 rings (SSSR count). The van der Waals surface area contributed by atoms with Crippen LogP contribution >= 0.6 is 0 Å². The predicted octanol–water partition coefficient (Wildman–Crippen LogP) is 2.75. The van der Waals surface area contributed by atoms with Crippen LogP contribution in [0.1, 0.15) is 38.5 Å². The van der Waals surface area contributed by atoms with Gasteiger partial charge in [-0.3, -0.25) is 9.69 Å². The van der Waals surface area contributed by atoms with E-state index in [1.54, 1.807) is 6.33 Å². The van der Waals surface area contributed by atoms with Crippen LogP contribution in [0.15, 0.2) is 24.5 Å². The van der Waals surface area contributed by atoms with E-state index in [-0.39, 0.29) is 0 Å². The summed E-state index contributed by atoms with van der Waals surface area (Å²) < 4.78 is 0. The van der Waals surface area contributed by atoms with Crippen molar-refractivity contribution in [3.63, 3.8) is 0 Å². The number of aromatic nitrogens is 2. The second-order valence-corrected chi connectivity index (χ2v) is 9.28. The number of nitrogens with zero attached hydrogens (tertiary/aromatic N) is 6. The number of hydrogen-bond donors (Lipinski definition) is 0. The summed E-state index contributed by atoms with van der Waals surface area (Å²) in [6.45, 7) is 7.30. The number of carbonyl (C=O) groups excluding carboxylic acids is 1. The lowest BCUT2D eigenvalue weighted by Gasteiger charge is -2.39. The lowest BCUT2D eigenvalue weighted by molar-refractivity contribution is -0.131. The molecule has 4 heterocycles. The van der Waals surface area contributed by atoms with Crippen molar-refractivity contribution in [3.05, 3.63) is 24.5 Å². The highest BCUT2D eigenvalue weighted by molar-refractivity contribution is 5.92. The van der Waals surface area contributed by atoms with Crippen molar-refractivity contribution in [2.75, 3.05) is 62.7 Å². The van der Waals surface area contributed by atoms with E-state index in [9.17, 15) is 4.79 Å². The molecule has 1 amide bonds. The molecule has 1 atom stereocenters. The fraction of sp³-hybridized carbons (Fsp3) is 0.625. The Kier molecular flexibility index (Phi) is 5.94. The summed E-state index contributed by atoms with van der Waals surface area (Å²) in [6, 6.07) is 7.00. The molecule has 0 spiro atoms. The van der Waals surface area contributed by atoms with Gasteiger partial charge in [-0.05, 0) is 43.9 Å². The van der Waals surface area contributed by atoms with Crippen molar-refractivity contribution in [3.8, 4) is 0 Å². The Morgan fingerprint density at radius 2 is 1.74 bits per heavy atom. The van der Waals surface area contributed by atoms with E-state index >= 15 is 0 Å². The Hall–Kier alpha value is -2.41. The molecule has 3 aliphatic heterocycles. The molecule has 0 saturated carbocycles. The average molecular weight is 423 g/mol. The van der Waals surface area contributed by atoms with Crippen LogP contribution in [0, 0.1) is 0 Å². The van der Waals surface area contributed by atoms with Gasteiger partial charge >= 0.3 is 0 Å². The first-order valence-corrected chi connectivity index (χ1v) is 11.9. The first kappa shape index (κ1) is 20.5. The van der Waals surface area contributed by atoms with Crippen molar-refractivity contribution in [1.29, 1.82) is 0 Å². The van der Waals surface area contributed by atoms with Gasteiger partial charge in [-0.25, -0.2) is 9.97 Å². The molecule has 0 bridgehead atoms. The predicted molar refractivity (Wildman–Crippen MR) is 125 cm³/mol. The van der Waals surface area contributed by atoms with Crippen molar-refractivity contribution in [2.24, 2.45) is 0 Å². The number of rotatable bonds is 4. The number of anilines is 2. The van der Waals surface area contributed by atoms with E-state index in [0.717, 1.165) is 70.0 Å². The zero-order chi connectivity index (χ0) is 21.2. The normalized spacial score (nSPS) is 23.6. The van der Waals surface area contributed by atoms with Crippen molar-refractivity contribution in [1.82, 2.24) is 19.8 Å². The fourth-order valence-electron chi connectivity index (χ4n) is 5.34. The Balaban J connectivity index is 1.26. The molecule has 7 heteroatoms. The molecule has 166 valence electrons. The number of amides is 1. The summed E-state index contributed by atoms with van der Waals surface area (Å²) in [7, 11) is 1.99. The molecule has 1 aromatic heterocycles. The number of likely N-dealkylation sites (tertiary alicyclic amines) is 1. The summed E-state index contributed by atoms with van der Waals surface area (Å²) in [6.07, 6.45) is 8.24. The molecule has 3 fully saturated rings. The number of carbonyl (C=O) groups is 1. The van der Waals surface area contributed by atoms with Gasteiger partial charge in [0.1, 0.15) is 12.1 Å². The third kappa shape index (κ3) is 4.33. The summed E-state index contributed by atoms with van der Waals surface area (Å²) in [4.78, 5) is 30.8. The fourth-order valence-corrected chi connectivity index (χ4v) is 5.34. The molecule has 1 unspecified atom stereocenters. The van der Waals surface area contributed by atoms with Crippen LogP contribution in [-0.4, -0.2) is 84.6 Å². The van der Waals surface area contributed by atoms with Crippen LogP contribution in [0.3, 0.4) is 0 Å². The molecule has 1 aromatic carbocycles. The molecule has 7 nitrogen and oxygen atoms in total.